The van der Waals surface area contributed by atoms with Crippen LogP contribution in [0.25, 0.3) is 0 Å². The van der Waals surface area contributed by atoms with Gasteiger partial charge in [-0.1, -0.05) is 12.1 Å². The minimum absolute atomic E-state index is 0.0823. The normalized spacial score (nSPS) is 12.1. The molecule has 1 aromatic heterocycles. The van der Waals surface area contributed by atoms with Crippen molar-refractivity contribution < 1.29 is 18.3 Å². The zero-order valence-electron chi connectivity index (χ0n) is 13.7. The van der Waals surface area contributed by atoms with E-state index in [2.05, 4.69) is 20.5 Å². The second-order valence-corrected chi connectivity index (χ2v) is 5.41. The summed E-state index contributed by atoms with van der Waals surface area (Å²) in [5.74, 6) is 0.0823. The molecule has 2 amide bonds. The molecule has 2 rings (SSSR count). The molecule has 1 aromatic carbocycles. The molecule has 0 aliphatic heterocycles. The Labute approximate surface area is 138 Å². The number of nitrogens with one attached hydrogen (secondary N) is 2. The molecule has 1 heterocycles. The number of nitrogens with zero attached hydrogens (tertiary/aromatic N) is 2. The predicted molar refractivity (Wildman–Crippen MR) is 84.8 cm³/mol. The van der Waals surface area contributed by atoms with Crippen LogP contribution in [0.2, 0.25) is 0 Å². The van der Waals surface area contributed by atoms with Crippen molar-refractivity contribution in [2.75, 3.05) is 0 Å². The average Bonchev–Trinajstić information content (AvgIpc) is 2.85. The Bertz CT molecular complexity index is 686. The summed E-state index contributed by atoms with van der Waals surface area (Å²) < 4.78 is 30.1. The number of amides is 2. The fourth-order valence-electron chi connectivity index (χ4n) is 2.34. The van der Waals surface area contributed by atoms with E-state index in [0.717, 1.165) is 16.8 Å². The SMILES string of the molecule is Cc1nn(C)cc1[C@@H](C)NC(=O)NCc1ccc(OC(F)F)cc1. The lowest BCUT2D eigenvalue weighted by Gasteiger charge is -2.14. The highest BCUT2D eigenvalue weighted by molar-refractivity contribution is 5.74. The van der Waals surface area contributed by atoms with Crippen LogP contribution in [0, 0.1) is 6.92 Å². The molecule has 0 saturated carbocycles. The van der Waals surface area contributed by atoms with Gasteiger partial charge in [0, 0.05) is 25.4 Å². The van der Waals surface area contributed by atoms with Gasteiger partial charge in [-0.15, -0.1) is 0 Å². The van der Waals surface area contributed by atoms with E-state index in [0.29, 0.717) is 0 Å². The molecular formula is C16H20F2N4O2. The molecule has 130 valence electrons. The summed E-state index contributed by atoms with van der Waals surface area (Å²) in [6, 6.07) is 5.60. The van der Waals surface area contributed by atoms with Crippen LogP contribution in [-0.2, 0) is 13.6 Å². The van der Waals surface area contributed by atoms with E-state index in [4.69, 9.17) is 0 Å². The lowest BCUT2D eigenvalue weighted by molar-refractivity contribution is -0.0498. The van der Waals surface area contributed by atoms with E-state index < -0.39 is 6.61 Å². The van der Waals surface area contributed by atoms with E-state index in [1.165, 1.54) is 12.1 Å². The molecule has 0 radical (unpaired) electrons. The molecular weight excluding hydrogens is 318 g/mol. The van der Waals surface area contributed by atoms with Gasteiger partial charge in [-0.25, -0.2) is 4.79 Å². The molecule has 6 nitrogen and oxygen atoms in total. The second-order valence-electron chi connectivity index (χ2n) is 5.41. The monoisotopic (exact) mass is 338 g/mol. The number of aryl methyl sites for hydroxylation is 2. The topological polar surface area (TPSA) is 68.2 Å². The number of benzene rings is 1. The molecule has 0 unspecified atom stereocenters. The number of alkyl halides is 2. The fraction of sp³-hybridized carbons (Fsp3) is 0.375. The van der Waals surface area contributed by atoms with Crippen LogP contribution in [0.1, 0.15) is 29.8 Å². The highest BCUT2D eigenvalue weighted by Crippen LogP contribution is 2.16. The minimum Gasteiger partial charge on any atom is -0.435 e. The Kier molecular flexibility index (Phi) is 5.73. The van der Waals surface area contributed by atoms with Crippen molar-refractivity contribution in [2.45, 2.75) is 33.0 Å². The number of halogens is 2. The second kappa shape index (κ2) is 7.76. The summed E-state index contributed by atoms with van der Waals surface area (Å²) in [6.07, 6.45) is 1.86. The van der Waals surface area contributed by atoms with E-state index in [1.807, 2.05) is 27.1 Å². The van der Waals surface area contributed by atoms with E-state index >= 15 is 0 Å². The van der Waals surface area contributed by atoms with Gasteiger partial charge in [0.25, 0.3) is 0 Å². The van der Waals surface area contributed by atoms with E-state index in [-0.39, 0.29) is 24.4 Å². The molecule has 0 aliphatic carbocycles. The smallest absolute Gasteiger partial charge is 0.387 e. The third-order valence-electron chi connectivity index (χ3n) is 3.47. The third-order valence-corrected chi connectivity index (χ3v) is 3.47. The predicted octanol–water partition coefficient (Wildman–Crippen LogP) is 2.89. The first-order chi connectivity index (χ1) is 11.3. The largest absolute Gasteiger partial charge is 0.435 e. The summed E-state index contributed by atoms with van der Waals surface area (Å²) in [6.45, 7) is 1.19. The molecule has 2 N–H and O–H groups in total. The number of urea groups is 1. The maximum absolute atomic E-state index is 12.1. The summed E-state index contributed by atoms with van der Waals surface area (Å²) in [7, 11) is 1.82. The van der Waals surface area contributed by atoms with E-state index in [9.17, 15) is 13.6 Å². The standard InChI is InChI=1S/C16H20F2N4O2/c1-10(14-9-22(3)21-11(14)2)20-16(23)19-8-12-4-6-13(7-5-12)24-15(17)18/h4-7,9-10,15H,8H2,1-3H3,(H2,19,20,23)/t10-/m1/s1. The Morgan fingerprint density at radius 2 is 2.00 bits per heavy atom. The van der Waals surface area contributed by atoms with Crippen LogP contribution in [0.15, 0.2) is 30.5 Å². The van der Waals surface area contributed by atoms with Crippen LogP contribution in [0.4, 0.5) is 13.6 Å². The summed E-state index contributed by atoms with van der Waals surface area (Å²) >= 11 is 0. The van der Waals surface area contributed by atoms with Gasteiger partial charge in [0.05, 0.1) is 11.7 Å². The number of carbonyl (C=O) groups excluding carboxylic acids is 1. The lowest BCUT2D eigenvalue weighted by atomic mass is 10.1. The highest BCUT2D eigenvalue weighted by Gasteiger charge is 2.14. The number of hydrogen-bond donors (Lipinski definition) is 2. The van der Waals surface area contributed by atoms with Crippen molar-refractivity contribution >= 4 is 6.03 Å². The number of hydrogen-bond acceptors (Lipinski definition) is 3. The van der Waals surface area contributed by atoms with Crippen molar-refractivity contribution in [1.29, 1.82) is 0 Å². The minimum atomic E-state index is -2.85. The van der Waals surface area contributed by atoms with Crippen LogP contribution >= 0.6 is 0 Å². The highest BCUT2D eigenvalue weighted by atomic mass is 19.3. The van der Waals surface area contributed by atoms with Crippen molar-refractivity contribution in [3.8, 4) is 5.75 Å². The zero-order valence-corrected chi connectivity index (χ0v) is 13.7. The molecule has 1 atom stereocenters. The number of ether oxygens (including phenoxy) is 1. The van der Waals surface area contributed by atoms with Crippen LogP contribution in [-0.4, -0.2) is 22.4 Å². The summed E-state index contributed by atoms with van der Waals surface area (Å²) in [5.41, 5.74) is 2.58. The zero-order chi connectivity index (χ0) is 17.7. The molecule has 8 heteroatoms. The van der Waals surface area contributed by atoms with Gasteiger partial charge in [0.15, 0.2) is 0 Å². The number of rotatable bonds is 6. The van der Waals surface area contributed by atoms with E-state index in [1.54, 1.807) is 16.8 Å². The maximum atomic E-state index is 12.1. The van der Waals surface area contributed by atoms with Gasteiger partial charge >= 0.3 is 12.6 Å². The first kappa shape index (κ1) is 17.7. The molecule has 0 saturated heterocycles. The van der Waals surface area contributed by atoms with Gasteiger partial charge in [-0.3, -0.25) is 4.68 Å². The van der Waals surface area contributed by atoms with Gasteiger partial charge < -0.3 is 15.4 Å². The van der Waals surface area contributed by atoms with Gasteiger partial charge in [0.1, 0.15) is 5.75 Å². The Morgan fingerprint density at radius 3 is 2.54 bits per heavy atom. The average molecular weight is 338 g/mol. The number of carbonyl (C=O) groups is 1. The van der Waals surface area contributed by atoms with Crippen LogP contribution in [0.3, 0.4) is 0 Å². The third kappa shape index (κ3) is 4.94. The first-order valence-corrected chi connectivity index (χ1v) is 7.43. The Hall–Kier alpha value is -2.64. The molecule has 0 aliphatic rings. The van der Waals surface area contributed by atoms with Crippen molar-refractivity contribution in [3.05, 3.63) is 47.3 Å². The fourth-order valence-corrected chi connectivity index (χ4v) is 2.34. The van der Waals surface area contributed by atoms with Crippen LogP contribution < -0.4 is 15.4 Å². The quantitative estimate of drug-likeness (QED) is 0.851. The molecule has 0 bridgehead atoms. The van der Waals surface area contributed by atoms with Crippen molar-refractivity contribution in [1.82, 2.24) is 20.4 Å². The lowest BCUT2D eigenvalue weighted by Crippen LogP contribution is -2.36. The Balaban J connectivity index is 1.83. The maximum Gasteiger partial charge on any atom is 0.387 e. The molecule has 0 spiro atoms. The Morgan fingerprint density at radius 1 is 1.33 bits per heavy atom. The van der Waals surface area contributed by atoms with Gasteiger partial charge in [-0.05, 0) is 31.5 Å². The summed E-state index contributed by atoms with van der Waals surface area (Å²) in [4.78, 5) is 12.0. The molecule has 24 heavy (non-hydrogen) atoms. The van der Waals surface area contributed by atoms with Gasteiger partial charge in [0.2, 0.25) is 0 Å². The van der Waals surface area contributed by atoms with Crippen LogP contribution in [0.5, 0.6) is 5.75 Å². The van der Waals surface area contributed by atoms with Crippen molar-refractivity contribution in [3.63, 3.8) is 0 Å². The first-order valence-electron chi connectivity index (χ1n) is 7.43. The molecule has 0 fully saturated rings. The molecule has 2 aromatic rings. The van der Waals surface area contributed by atoms with Crippen molar-refractivity contribution in [2.24, 2.45) is 7.05 Å². The van der Waals surface area contributed by atoms with Gasteiger partial charge in [-0.2, -0.15) is 13.9 Å². The summed E-state index contributed by atoms with van der Waals surface area (Å²) in [5, 5.41) is 9.79. The number of aromatic nitrogens is 2.